The minimum atomic E-state index is 0.00362. The maximum absolute atomic E-state index is 13.2. The van der Waals surface area contributed by atoms with E-state index in [0.717, 1.165) is 42.6 Å². The average Bonchev–Trinajstić information content (AvgIpc) is 3.09. The molecule has 26 heavy (non-hydrogen) atoms. The summed E-state index contributed by atoms with van der Waals surface area (Å²) in [5, 5.41) is 0. The van der Waals surface area contributed by atoms with Gasteiger partial charge in [0.1, 0.15) is 0 Å². The van der Waals surface area contributed by atoms with Gasteiger partial charge in [-0.1, -0.05) is 12.8 Å². The van der Waals surface area contributed by atoms with Gasteiger partial charge in [0.15, 0.2) is 0 Å². The molecule has 3 amide bonds. The molecule has 1 aromatic carbocycles. The van der Waals surface area contributed by atoms with Gasteiger partial charge in [-0.15, -0.1) is 0 Å². The van der Waals surface area contributed by atoms with Crippen molar-refractivity contribution in [3.05, 3.63) is 29.3 Å². The van der Waals surface area contributed by atoms with Gasteiger partial charge in [0.05, 0.1) is 0 Å². The SMILES string of the molecule is CN(C)C(=O)N1CCc2cc(C(=O)N3CCC[C@H]4CCCC[C@H]43)ccc21. The third-order valence-electron chi connectivity index (χ3n) is 6.34. The van der Waals surface area contributed by atoms with Crippen molar-refractivity contribution in [1.82, 2.24) is 9.80 Å². The van der Waals surface area contributed by atoms with Gasteiger partial charge in [0, 0.05) is 44.5 Å². The van der Waals surface area contributed by atoms with Crippen molar-refractivity contribution in [3.8, 4) is 0 Å². The highest BCUT2D eigenvalue weighted by Gasteiger charge is 2.36. The molecule has 1 saturated heterocycles. The number of amides is 3. The normalized spacial score (nSPS) is 24.8. The molecule has 2 heterocycles. The number of urea groups is 1. The molecule has 0 radical (unpaired) electrons. The molecule has 5 nitrogen and oxygen atoms in total. The fraction of sp³-hybridized carbons (Fsp3) is 0.619. The number of piperidine rings is 1. The molecule has 3 aliphatic rings. The first-order valence-electron chi connectivity index (χ1n) is 9.99. The van der Waals surface area contributed by atoms with Crippen LogP contribution in [0.3, 0.4) is 0 Å². The zero-order valence-corrected chi connectivity index (χ0v) is 15.9. The first kappa shape index (κ1) is 17.4. The van der Waals surface area contributed by atoms with Crippen LogP contribution in [-0.4, -0.2) is 55.0 Å². The summed E-state index contributed by atoms with van der Waals surface area (Å²) in [7, 11) is 3.55. The van der Waals surface area contributed by atoms with Crippen LogP contribution >= 0.6 is 0 Å². The molecule has 5 heteroatoms. The second-order valence-electron chi connectivity index (χ2n) is 8.17. The molecule has 2 atom stereocenters. The summed E-state index contributed by atoms with van der Waals surface area (Å²) in [6.07, 6.45) is 8.23. The smallest absolute Gasteiger partial charge is 0.323 e. The zero-order chi connectivity index (χ0) is 18.3. The number of nitrogens with zero attached hydrogens (tertiary/aromatic N) is 3. The van der Waals surface area contributed by atoms with Crippen molar-refractivity contribution in [1.29, 1.82) is 0 Å². The monoisotopic (exact) mass is 355 g/mol. The number of rotatable bonds is 1. The Bertz CT molecular complexity index is 713. The predicted octanol–water partition coefficient (Wildman–Crippen LogP) is 3.53. The number of benzene rings is 1. The Balaban J connectivity index is 1.55. The van der Waals surface area contributed by atoms with Crippen molar-refractivity contribution < 1.29 is 9.59 Å². The van der Waals surface area contributed by atoms with Crippen LogP contribution in [-0.2, 0) is 6.42 Å². The van der Waals surface area contributed by atoms with Crippen LogP contribution < -0.4 is 4.90 Å². The summed E-state index contributed by atoms with van der Waals surface area (Å²) in [4.78, 5) is 31.1. The topological polar surface area (TPSA) is 43.9 Å². The van der Waals surface area contributed by atoms with Crippen LogP contribution in [0.25, 0.3) is 0 Å². The van der Waals surface area contributed by atoms with Crippen LogP contribution in [0.15, 0.2) is 18.2 Å². The predicted molar refractivity (Wildman–Crippen MR) is 103 cm³/mol. The van der Waals surface area contributed by atoms with Gasteiger partial charge in [0.25, 0.3) is 5.91 Å². The molecule has 140 valence electrons. The van der Waals surface area contributed by atoms with E-state index in [-0.39, 0.29) is 11.9 Å². The highest BCUT2D eigenvalue weighted by atomic mass is 16.2. The van der Waals surface area contributed by atoms with Crippen LogP contribution in [0, 0.1) is 5.92 Å². The summed E-state index contributed by atoms with van der Waals surface area (Å²) in [6.45, 7) is 1.58. The Morgan fingerprint density at radius 1 is 1.04 bits per heavy atom. The molecule has 0 N–H and O–H groups in total. The average molecular weight is 355 g/mol. The van der Waals surface area contributed by atoms with E-state index in [1.165, 1.54) is 25.7 Å². The van der Waals surface area contributed by atoms with Crippen LogP contribution in [0.4, 0.5) is 10.5 Å². The molecule has 4 rings (SSSR count). The van der Waals surface area contributed by atoms with Gasteiger partial charge >= 0.3 is 6.03 Å². The number of likely N-dealkylation sites (tertiary alicyclic amines) is 1. The van der Waals surface area contributed by atoms with E-state index in [2.05, 4.69) is 4.90 Å². The maximum Gasteiger partial charge on any atom is 0.323 e. The van der Waals surface area contributed by atoms with E-state index in [0.29, 0.717) is 18.5 Å². The summed E-state index contributed by atoms with van der Waals surface area (Å²) in [6, 6.07) is 6.33. The summed E-state index contributed by atoms with van der Waals surface area (Å²) < 4.78 is 0. The van der Waals surface area contributed by atoms with Gasteiger partial charge < -0.3 is 9.80 Å². The van der Waals surface area contributed by atoms with Crippen molar-refractivity contribution in [2.45, 2.75) is 51.0 Å². The lowest BCUT2D eigenvalue weighted by molar-refractivity contribution is 0.0390. The standard InChI is InChI=1S/C21H29N3O2/c1-22(2)21(26)24-13-11-16-14-17(9-10-19(16)24)20(25)23-12-5-7-15-6-3-4-8-18(15)23/h9-10,14-15,18H,3-8,11-13H2,1-2H3/t15-,18-/m1/s1. The van der Waals surface area contributed by atoms with Gasteiger partial charge in [-0.05, 0) is 61.8 Å². The Labute approximate surface area is 155 Å². The van der Waals surface area contributed by atoms with E-state index in [4.69, 9.17) is 0 Å². The fourth-order valence-corrected chi connectivity index (χ4v) is 5.02. The highest BCUT2D eigenvalue weighted by Crippen LogP contribution is 2.36. The Kier molecular flexibility index (Phi) is 4.63. The molecular weight excluding hydrogens is 326 g/mol. The van der Waals surface area contributed by atoms with Crippen LogP contribution in [0.1, 0.15) is 54.4 Å². The highest BCUT2D eigenvalue weighted by molar-refractivity contribution is 5.98. The van der Waals surface area contributed by atoms with Gasteiger partial charge in [-0.2, -0.15) is 0 Å². The molecular formula is C21H29N3O2. The number of hydrogen-bond donors (Lipinski definition) is 0. The minimum absolute atomic E-state index is 0.00362. The van der Waals surface area contributed by atoms with E-state index < -0.39 is 0 Å². The third-order valence-corrected chi connectivity index (χ3v) is 6.34. The summed E-state index contributed by atoms with van der Waals surface area (Å²) in [5.41, 5.74) is 2.85. The van der Waals surface area contributed by atoms with Gasteiger partial charge in [-0.3, -0.25) is 9.69 Å². The van der Waals surface area contributed by atoms with Gasteiger partial charge in [0.2, 0.25) is 0 Å². The van der Waals surface area contributed by atoms with E-state index in [1.807, 2.05) is 23.1 Å². The number of carbonyl (C=O) groups is 2. The summed E-state index contributed by atoms with van der Waals surface area (Å²) >= 11 is 0. The Morgan fingerprint density at radius 3 is 2.62 bits per heavy atom. The van der Waals surface area contributed by atoms with Crippen LogP contribution in [0.5, 0.6) is 0 Å². The molecule has 0 spiro atoms. The largest absolute Gasteiger partial charge is 0.335 e. The lowest BCUT2D eigenvalue weighted by Gasteiger charge is -2.44. The lowest BCUT2D eigenvalue weighted by Crippen LogP contribution is -2.49. The molecule has 0 bridgehead atoms. The molecule has 2 aliphatic heterocycles. The van der Waals surface area contributed by atoms with Crippen molar-refractivity contribution >= 4 is 17.6 Å². The lowest BCUT2D eigenvalue weighted by atomic mass is 9.78. The van der Waals surface area contributed by atoms with Crippen molar-refractivity contribution in [2.24, 2.45) is 5.92 Å². The molecule has 1 aromatic rings. The maximum atomic E-state index is 13.2. The third kappa shape index (κ3) is 2.97. The Morgan fingerprint density at radius 2 is 1.81 bits per heavy atom. The van der Waals surface area contributed by atoms with E-state index in [1.54, 1.807) is 19.0 Å². The molecule has 0 unspecified atom stereocenters. The molecule has 0 aromatic heterocycles. The number of hydrogen-bond acceptors (Lipinski definition) is 2. The van der Waals surface area contributed by atoms with Crippen molar-refractivity contribution in [2.75, 3.05) is 32.1 Å². The number of carbonyl (C=O) groups excluding carboxylic acids is 2. The summed E-state index contributed by atoms with van der Waals surface area (Å²) in [5.74, 6) is 0.880. The zero-order valence-electron chi connectivity index (χ0n) is 15.9. The number of fused-ring (bicyclic) bond motifs is 2. The number of anilines is 1. The van der Waals surface area contributed by atoms with E-state index in [9.17, 15) is 9.59 Å². The van der Waals surface area contributed by atoms with E-state index >= 15 is 0 Å². The quantitative estimate of drug-likeness (QED) is 0.773. The molecule has 2 fully saturated rings. The molecule has 1 saturated carbocycles. The minimum Gasteiger partial charge on any atom is -0.335 e. The van der Waals surface area contributed by atoms with Gasteiger partial charge in [-0.25, -0.2) is 4.79 Å². The second kappa shape index (κ2) is 6.93. The Hall–Kier alpha value is -2.04. The van der Waals surface area contributed by atoms with Crippen LogP contribution in [0.2, 0.25) is 0 Å². The fourth-order valence-electron chi connectivity index (χ4n) is 5.02. The first-order chi connectivity index (χ1) is 12.6. The first-order valence-corrected chi connectivity index (χ1v) is 9.99. The van der Waals surface area contributed by atoms with Crippen molar-refractivity contribution in [3.63, 3.8) is 0 Å². The molecule has 1 aliphatic carbocycles. The second-order valence-corrected chi connectivity index (χ2v) is 8.17.